The maximum absolute atomic E-state index is 14.3. The molecule has 1 heterocycles. The first-order valence-corrected chi connectivity index (χ1v) is 9.66. The van der Waals surface area contributed by atoms with Crippen LogP contribution in [0.3, 0.4) is 0 Å². The van der Waals surface area contributed by atoms with Crippen molar-refractivity contribution < 1.29 is 17.2 Å². The molecule has 136 valence electrons. The van der Waals surface area contributed by atoms with E-state index < -0.39 is 15.8 Å². The van der Waals surface area contributed by atoms with Crippen molar-refractivity contribution >= 4 is 26.8 Å². The van der Waals surface area contributed by atoms with Gasteiger partial charge in [-0.15, -0.1) is 0 Å². The third-order valence-electron chi connectivity index (χ3n) is 4.07. The zero-order chi connectivity index (χ0) is 19.0. The number of benzene rings is 3. The summed E-state index contributed by atoms with van der Waals surface area (Å²) in [5.74, 6) is -0.468. The number of para-hydroxylation sites is 2. The Morgan fingerprint density at radius 1 is 1.00 bits per heavy atom. The molecular formula is C20H15FN2O3S. The van der Waals surface area contributed by atoms with Crippen LogP contribution in [0.2, 0.25) is 0 Å². The standard InChI is InChI=1S/C20H15FN2O3S/c1-13-6-9-15(10-7-13)27(24,25)23-14-8-11-17(21)16(12-14)20-22-18-4-2-3-5-19(18)26-20/h2-12,23H,1H3. The number of nitrogens with zero attached hydrogens (tertiary/aromatic N) is 1. The first-order chi connectivity index (χ1) is 12.9. The van der Waals surface area contributed by atoms with Gasteiger partial charge in [-0.2, -0.15) is 0 Å². The summed E-state index contributed by atoms with van der Waals surface area (Å²) in [5, 5.41) is 0. The van der Waals surface area contributed by atoms with Gasteiger partial charge < -0.3 is 4.42 Å². The van der Waals surface area contributed by atoms with Gasteiger partial charge >= 0.3 is 0 Å². The van der Waals surface area contributed by atoms with Crippen LogP contribution in [0.15, 0.2) is 76.0 Å². The van der Waals surface area contributed by atoms with E-state index in [0.717, 1.165) is 5.56 Å². The van der Waals surface area contributed by atoms with Gasteiger partial charge in [-0.3, -0.25) is 4.72 Å². The summed E-state index contributed by atoms with van der Waals surface area (Å²) in [6, 6.07) is 17.4. The van der Waals surface area contributed by atoms with Crippen molar-refractivity contribution in [2.45, 2.75) is 11.8 Å². The predicted octanol–water partition coefficient (Wildman–Crippen LogP) is 4.74. The molecule has 0 amide bonds. The van der Waals surface area contributed by atoms with Gasteiger partial charge in [-0.05, 0) is 49.4 Å². The number of fused-ring (bicyclic) bond motifs is 1. The highest BCUT2D eigenvalue weighted by Gasteiger charge is 2.17. The number of aromatic nitrogens is 1. The van der Waals surface area contributed by atoms with Crippen molar-refractivity contribution in [1.29, 1.82) is 0 Å². The van der Waals surface area contributed by atoms with Crippen molar-refractivity contribution in [2.24, 2.45) is 0 Å². The molecule has 0 atom stereocenters. The molecule has 5 nitrogen and oxygen atoms in total. The van der Waals surface area contributed by atoms with Gasteiger partial charge in [0.05, 0.1) is 10.5 Å². The van der Waals surface area contributed by atoms with Crippen molar-refractivity contribution in [1.82, 2.24) is 4.98 Å². The first-order valence-electron chi connectivity index (χ1n) is 8.17. The van der Waals surface area contributed by atoms with Crippen molar-refractivity contribution in [3.05, 3.63) is 78.1 Å². The maximum Gasteiger partial charge on any atom is 0.261 e. The molecule has 7 heteroatoms. The van der Waals surface area contributed by atoms with Crippen molar-refractivity contribution in [3.63, 3.8) is 0 Å². The Bertz CT molecular complexity index is 1200. The lowest BCUT2D eigenvalue weighted by molar-refractivity contribution is 0.593. The number of aryl methyl sites for hydroxylation is 1. The third kappa shape index (κ3) is 3.41. The van der Waals surface area contributed by atoms with Crippen LogP contribution >= 0.6 is 0 Å². The van der Waals surface area contributed by atoms with E-state index in [-0.39, 0.29) is 22.0 Å². The normalized spacial score (nSPS) is 11.6. The number of nitrogens with one attached hydrogen (secondary N) is 1. The van der Waals surface area contributed by atoms with Gasteiger partial charge in [0.25, 0.3) is 10.0 Å². The van der Waals surface area contributed by atoms with Gasteiger partial charge in [-0.1, -0.05) is 29.8 Å². The minimum absolute atomic E-state index is 0.0790. The lowest BCUT2D eigenvalue weighted by Gasteiger charge is -2.09. The fourth-order valence-corrected chi connectivity index (χ4v) is 3.72. The van der Waals surface area contributed by atoms with Crippen LogP contribution in [0.4, 0.5) is 10.1 Å². The van der Waals surface area contributed by atoms with Crippen LogP contribution in [0.5, 0.6) is 0 Å². The molecule has 0 aliphatic rings. The second-order valence-corrected chi connectivity index (χ2v) is 7.78. The highest BCUT2D eigenvalue weighted by atomic mass is 32.2. The molecule has 0 bridgehead atoms. The Kier molecular flexibility index (Phi) is 4.16. The Morgan fingerprint density at radius 3 is 2.48 bits per heavy atom. The van der Waals surface area contributed by atoms with Gasteiger partial charge in [0.2, 0.25) is 5.89 Å². The molecular weight excluding hydrogens is 367 g/mol. The third-order valence-corrected chi connectivity index (χ3v) is 5.47. The van der Waals surface area contributed by atoms with Gasteiger partial charge in [0.15, 0.2) is 5.58 Å². The summed E-state index contributed by atoms with van der Waals surface area (Å²) in [5.41, 5.74) is 2.37. The molecule has 0 radical (unpaired) electrons. The van der Waals surface area contributed by atoms with E-state index in [1.54, 1.807) is 36.4 Å². The van der Waals surface area contributed by atoms with E-state index in [4.69, 9.17) is 4.42 Å². The van der Waals surface area contributed by atoms with E-state index in [1.165, 1.54) is 30.3 Å². The summed E-state index contributed by atoms with van der Waals surface area (Å²) in [4.78, 5) is 4.39. The number of hydrogen-bond acceptors (Lipinski definition) is 4. The minimum atomic E-state index is -3.79. The molecule has 3 aromatic carbocycles. The molecule has 4 rings (SSSR count). The molecule has 0 aliphatic heterocycles. The zero-order valence-electron chi connectivity index (χ0n) is 14.3. The van der Waals surface area contributed by atoms with Crippen LogP contribution in [-0.2, 0) is 10.0 Å². The Hall–Kier alpha value is -3.19. The lowest BCUT2D eigenvalue weighted by atomic mass is 10.2. The van der Waals surface area contributed by atoms with Crippen molar-refractivity contribution in [3.8, 4) is 11.5 Å². The molecule has 4 aromatic rings. The SMILES string of the molecule is Cc1ccc(S(=O)(=O)Nc2ccc(F)c(-c3nc4ccccc4o3)c2)cc1. The fourth-order valence-electron chi connectivity index (χ4n) is 2.67. The summed E-state index contributed by atoms with van der Waals surface area (Å²) in [6.07, 6.45) is 0. The average Bonchev–Trinajstić information content (AvgIpc) is 3.07. The second kappa shape index (κ2) is 6.51. The number of halogens is 1. The van der Waals surface area contributed by atoms with Crippen LogP contribution in [-0.4, -0.2) is 13.4 Å². The second-order valence-electron chi connectivity index (χ2n) is 6.10. The summed E-state index contributed by atoms with van der Waals surface area (Å²) < 4.78 is 47.4. The van der Waals surface area contributed by atoms with E-state index in [9.17, 15) is 12.8 Å². The first kappa shape index (κ1) is 17.2. The Morgan fingerprint density at radius 2 is 1.74 bits per heavy atom. The van der Waals surface area contributed by atoms with E-state index >= 15 is 0 Å². The number of sulfonamides is 1. The van der Waals surface area contributed by atoms with E-state index in [0.29, 0.717) is 11.1 Å². The molecule has 0 saturated carbocycles. The van der Waals surface area contributed by atoms with Gasteiger partial charge in [0, 0.05) is 5.69 Å². The summed E-state index contributed by atoms with van der Waals surface area (Å²) in [6.45, 7) is 1.87. The topological polar surface area (TPSA) is 72.2 Å². The smallest absolute Gasteiger partial charge is 0.261 e. The quantitative estimate of drug-likeness (QED) is 0.553. The number of rotatable bonds is 4. The maximum atomic E-state index is 14.3. The lowest BCUT2D eigenvalue weighted by Crippen LogP contribution is -2.13. The van der Waals surface area contributed by atoms with Crippen LogP contribution < -0.4 is 4.72 Å². The predicted molar refractivity (Wildman–Crippen MR) is 101 cm³/mol. The number of anilines is 1. The van der Waals surface area contributed by atoms with Crippen LogP contribution in [0.1, 0.15) is 5.56 Å². The van der Waals surface area contributed by atoms with Gasteiger partial charge in [0.1, 0.15) is 11.3 Å². The highest BCUT2D eigenvalue weighted by Crippen LogP contribution is 2.29. The molecule has 0 fully saturated rings. The molecule has 0 unspecified atom stereocenters. The van der Waals surface area contributed by atoms with E-state index in [2.05, 4.69) is 9.71 Å². The zero-order valence-corrected chi connectivity index (χ0v) is 15.1. The number of oxazole rings is 1. The minimum Gasteiger partial charge on any atom is -0.436 e. The highest BCUT2D eigenvalue weighted by molar-refractivity contribution is 7.92. The molecule has 27 heavy (non-hydrogen) atoms. The molecule has 0 saturated heterocycles. The molecule has 1 aromatic heterocycles. The Balaban J connectivity index is 1.71. The average molecular weight is 382 g/mol. The van der Waals surface area contributed by atoms with Gasteiger partial charge in [-0.25, -0.2) is 17.8 Å². The molecule has 0 spiro atoms. The van der Waals surface area contributed by atoms with Crippen LogP contribution in [0.25, 0.3) is 22.6 Å². The van der Waals surface area contributed by atoms with Crippen LogP contribution in [0, 0.1) is 12.7 Å². The monoisotopic (exact) mass is 382 g/mol. The summed E-state index contributed by atoms with van der Waals surface area (Å²) >= 11 is 0. The largest absolute Gasteiger partial charge is 0.436 e. The molecule has 1 N–H and O–H groups in total. The van der Waals surface area contributed by atoms with E-state index in [1.807, 2.05) is 6.92 Å². The Labute approximate surface area is 155 Å². The molecule has 0 aliphatic carbocycles. The number of hydrogen-bond donors (Lipinski definition) is 1. The summed E-state index contributed by atoms with van der Waals surface area (Å²) in [7, 11) is -3.79. The fraction of sp³-hybridized carbons (Fsp3) is 0.0500. The van der Waals surface area contributed by atoms with Crippen molar-refractivity contribution in [2.75, 3.05) is 4.72 Å².